The average molecular weight is 452 g/mol. The molecule has 0 bridgehead atoms. The van der Waals surface area contributed by atoms with E-state index < -0.39 is 0 Å². The molecule has 0 amide bonds. The van der Waals surface area contributed by atoms with E-state index in [2.05, 4.69) is 115 Å². The summed E-state index contributed by atoms with van der Waals surface area (Å²) < 4.78 is 6.83. The lowest BCUT2D eigenvalue weighted by Crippen LogP contribution is -2.20. The normalized spacial score (nSPS) is 18.9. The highest BCUT2D eigenvalue weighted by atomic mass is 16.5. The van der Waals surface area contributed by atoms with E-state index in [4.69, 9.17) is 9.72 Å². The maximum Gasteiger partial charge on any atom is 0.136 e. The number of fused-ring (bicyclic) bond motifs is 2. The molecule has 1 saturated carbocycles. The van der Waals surface area contributed by atoms with Gasteiger partial charge in [-0.15, -0.1) is 0 Å². The third kappa shape index (κ3) is 3.37. The van der Waals surface area contributed by atoms with Crippen LogP contribution in [0.5, 0.6) is 0 Å². The minimum atomic E-state index is -0.132. The number of hydrogen-bond donors (Lipinski definition) is 0. The summed E-state index contributed by atoms with van der Waals surface area (Å²) in [6.07, 6.45) is 4.26. The predicted molar refractivity (Wildman–Crippen MR) is 143 cm³/mol. The predicted octanol–water partition coefficient (Wildman–Crippen LogP) is 8.20. The Bertz CT molecular complexity index is 1570. The fourth-order valence-electron chi connectivity index (χ4n) is 5.52. The third-order valence-corrected chi connectivity index (χ3v) is 7.42. The van der Waals surface area contributed by atoms with Gasteiger partial charge in [0.1, 0.15) is 11.9 Å². The molecule has 1 unspecified atom stereocenters. The van der Waals surface area contributed by atoms with Crippen molar-refractivity contribution in [3.8, 4) is 11.3 Å². The zero-order valence-electron chi connectivity index (χ0n) is 19.4. The van der Waals surface area contributed by atoms with Crippen molar-refractivity contribution in [1.82, 2.24) is 4.98 Å². The van der Waals surface area contributed by atoms with Gasteiger partial charge < -0.3 is 4.74 Å². The summed E-state index contributed by atoms with van der Waals surface area (Å²) in [4.78, 5) is 5.33. The van der Waals surface area contributed by atoms with Gasteiger partial charge in [0.2, 0.25) is 0 Å². The smallest absolute Gasteiger partial charge is 0.136 e. The lowest BCUT2D eigenvalue weighted by molar-refractivity contribution is 0.144. The SMILES string of the molecule is C(=C1\OC(C2(c3nc(-c4ccccc4)cc4ccccc34)CC2)c2ccccc21)/c1ccccc1. The molecule has 168 valence electrons. The zero-order valence-corrected chi connectivity index (χ0v) is 19.4. The Hall–Kier alpha value is -4.17. The molecule has 1 aliphatic carbocycles. The van der Waals surface area contributed by atoms with Gasteiger partial charge in [0, 0.05) is 22.1 Å². The molecule has 1 atom stereocenters. The Labute approximate surface area is 205 Å². The van der Waals surface area contributed by atoms with E-state index in [0.29, 0.717) is 0 Å². The molecule has 35 heavy (non-hydrogen) atoms. The lowest BCUT2D eigenvalue weighted by Gasteiger charge is -2.25. The topological polar surface area (TPSA) is 22.1 Å². The second kappa shape index (κ2) is 7.95. The van der Waals surface area contributed by atoms with Crippen LogP contribution in [-0.4, -0.2) is 4.98 Å². The van der Waals surface area contributed by atoms with Crippen LogP contribution in [-0.2, 0) is 10.2 Å². The van der Waals surface area contributed by atoms with Gasteiger partial charge in [0.15, 0.2) is 0 Å². The number of nitrogens with zero attached hydrogens (tertiary/aromatic N) is 1. The molecular weight excluding hydrogens is 426 g/mol. The highest BCUT2D eigenvalue weighted by Gasteiger charge is 2.57. The molecule has 0 spiro atoms. The van der Waals surface area contributed by atoms with Crippen LogP contribution in [0.15, 0.2) is 115 Å². The maximum atomic E-state index is 6.83. The summed E-state index contributed by atoms with van der Waals surface area (Å²) in [5.74, 6) is 0.951. The minimum Gasteiger partial charge on any atom is -0.484 e. The molecule has 4 aromatic carbocycles. The van der Waals surface area contributed by atoms with Gasteiger partial charge in [-0.3, -0.25) is 4.98 Å². The van der Waals surface area contributed by atoms with E-state index in [1.807, 2.05) is 6.07 Å². The van der Waals surface area contributed by atoms with Gasteiger partial charge in [-0.1, -0.05) is 109 Å². The summed E-state index contributed by atoms with van der Waals surface area (Å²) in [5, 5.41) is 2.46. The van der Waals surface area contributed by atoms with Crippen LogP contribution in [0.25, 0.3) is 33.9 Å². The van der Waals surface area contributed by atoms with Crippen molar-refractivity contribution in [2.24, 2.45) is 0 Å². The zero-order chi connectivity index (χ0) is 23.2. The summed E-state index contributed by atoms with van der Waals surface area (Å²) in [5.41, 5.74) is 6.81. The Morgan fingerprint density at radius 2 is 1.43 bits per heavy atom. The number of pyridine rings is 1. The Kier molecular flexibility index (Phi) is 4.60. The first-order valence-electron chi connectivity index (χ1n) is 12.3. The van der Waals surface area contributed by atoms with Crippen molar-refractivity contribution >= 4 is 22.6 Å². The summed E-state index contributed by atoms with van der Waals surface area (Å²) in [6.45, 7) is 0. The first-order valence-corrected chi connectivity index (χ1v) is 12.3. The fraction of sp³-hybridized carbons (Fsp3) is 0.121. The average Bonchev–Trinajstić information content (AvgIpc) is 3.65. The second-order valence-corrected chi connectivity index (χ2v) is 9.60. The molecule has 5 aromatic rings. The second-order valence-electron chi connectivity index (χ2n) is 9.60. The van der Waals surface area contributed by atoms with Gasteiger partial charge in [-0.25, -0.2) is 0 Å². The van der Waals surface area contributed by atoms with E-state index >= 15 is 0 Å². The Morgan fingerprint density at radius 1 is 0.743 bits per heavy atom. The van der Waals surface area contributed by atoms with Crippen LogP contribution >= 0.6 is 0 Å². The van der Waals surface area contributed by atoms with Crippen LogP contribution < -0.4 is 0 Å². The fourth-order valence-corrected chi connectivity index (χ4v) is 5.52. The van der Waals surface area contributed by atoms with Gasteiger partial charge in [0.05, 0.1) is 16.8 Å². The standard InChI is InChI=1S/C33H25NO/c1-3-11-23(12-4-1)21-30-27-17-9-10-18-28(27)32(35-30)33(19-20-33)31-26-16-8-7-15-25(26)22-29(34-31)24-13-5-2-6-14-24/h1-18,21-22,32H,19-20H2/b30-21+. The number of ether oxygens (including phenoxy) is 1. The molecule has 2 nitrogen and oxygen atoms in total. The minimum absolute atomic E-state index is 0.0457. The van der Waals surface area contributed by atoms with Crippen molar-refractivity contribution in [2.45, 2.75) is 24.4 Å². The van der Waals surface area contributed by atoms with Crippen molar-refractivity contribution in [1.29, 1.82) is 0 Å². The van der Waals surface area contributed by atoms with Crippen LogP contribution in [0, 0.1) is 0 Å². The molecule has 7 rings (SSSR count). The number of rotatable bonds is 4. The van der Waals surface area contributed by atoms with Crippen LogP contribution in [0.4, 0.5) is 0 Å². The van der Waals surface area contributed by atoms with E-state index in [9.17, 15) is 0 Å². The lowest BCUT2D eigenvalue weighted by atomic mass is 9.86. The van der Waals surface area contributed by atoms with Crippen molar-refractivity contribution in [2.75, 3.05) is 0 Å². The Morgan fingerprint density at radius 3 is 2.23 bits per heavy atom. The van der Waals surface area contributed by atoms with Gasteiger partial charge in [0.25, 0.3) is 0 Å². The van der Waals surface area contributed by atoms with Crippen LogP contribution in [0.3, 0.4) is 0 Å². The molecule has 2 aliphatic rings. The number of benzene rings is 4. The largest absolute Gasteiger partial charge is 0.484 e. The molecule has 0 radical (unpaired) electrons. The van der Waals surface area contributed by atoms with Crippen molar-refractivity contribution in [3.05, 3.63) is 138 Å². The van der Waals surface area contributed by atoms with Gasteiger partial charge in [-0.05, 0) is 35.9 Å². The molecule has 0 N–H and O–H groups in total. The van der Waals surface area contributed by atoms with Crippen molar-refractivity contribution < 1.29 is 4.74 Å². The van der Waals surface area contributed by atoms with E-state index in [1.54, 1.807) is 0 Å². The summed E-state index contributed by atoms with van der Waals surface area (Å²) in [7, 11) is 0. The highest BCUT2D eigenvalue weighted by molar-refractivity contribution is 5.90. The monoisotopic (exact) mass is 451 g/mol. The molecular formula is C33H25NO. The molecule has 1 aliphatic heterocycles. The van der Waals surface area contributed by atoms with E-state index in [1.165, 1.54) is 21.9 Å². The number of hydrogen-bond acceptors (Lipinski definition) is 2. The van der Waals surface area contributed by atoms with Crippen LogP contribution in [0.2, 0.25) is 0 Å². The van der Waals surface area contributed by atoms with E-state index in [0.717, 1.165) is 41.1 Å². The molecule has 2 heterocycles. The molecule has 0 saturated heterocycles. The highest BCUT2D eigenvalue weighted by Crippen LogP contribution is 2.62. The quantitative estimate of drug-likeness (QED) is 0.275. The molecule has 1 aromatic heterocycles. The molecule has 1 fully saturated rings. The van der Waals surface area contributed by atoms with E-state index in [-0.39, 0.29) is 11.5 Å². The van der Waals surface area contributed by atoms with Crippen molar-refractivity contribution in [3.63, 3.8) is 0 Å². The van der Waals surface area contributed by atoms with Crippen LogP contribution in [0.1, 0.15) is 41.3 Å². The first kappa shape index (κ1) is 20.2. The first-order chi connectivity index (χ1) is 17.3. The Balaban J connectivity index is 1.39. The summed E-state index contributed by atoms with van der Waals surface area (Å²) in [6, 6.07) is 40.4. The maximum absolute atomic E-state index is 6.83. The molecule has 2 heteroatoms. The number of aromatic nitrogens is 1. The van der Waals surface area contributed by atoms with Gasteiger partial charge in [-0.2, -0.15) is 0 Å². The third-order valence-electron chi connectivity index (χ3n) is 7.42. The van der Waals surface area contributed by atoms with Gasteiger partial charge >= 0.3 is 0 Å². The summed E-state index contributed by atoms with van der Waals surface area (Å²) >= 11 is 0.